The first-order chi connectivity index (χ1) is 13.1. The topological polar surface area (TPSA) is 69.1 Å². The highest BCUT2D eigenvalue weighted by Gasteiger charge is 2.19. The van der Waals surface area contributed by atoms with Gasteiger partial charge in [0.25, 0.3) is 0 Å². The first-order valence-electron chi connectivity index (χ1n) is 9.82. The largest absolute Gasteiger partial charge is 0.386 e. The van der Waals surface area contributed by atoms with Crippen LogP contribution in [0.4, 0.5) is 4.39 Å². The summed E-state index contributed by atoms with van der Waals surface area (Å²) in [7, 11) is 1.74. The van der Waals surface area contributed by atoms with Gasteiger partial charge >= 0.3 is 0 Å². The zero-order chi connectivity index (χ0) is 19.5. The number of aliphatic imine (C=N–C) groups is 1. The molecule has 1 fully saturated rings. The summed E-state index contributed by atoms with van der Waals surface area (Å²) in [5.74, 6) is 0.412. The van der Waals surface area contributed by atoms with E-state index in [1.807, 2.05) is 6.92 Å². The fraction of sp³-hybridized carbons (Fsp3) is 0.650. The number of aliphatic hydroxyl groups excluding tert-OH is 1. The number of nitrogens with zero attached hydrogens (tertiary/aromatic N) is 2. The number of methoxy groups -OCH3 is 1. The van der Waals surface area contributed by atoms with Crippen LogP contribution in [0.5, 0.6) is 0 Å². The van der Waals surface area contributed by atoms with E-state index in [0.29, 0.717) is 11.6 Å². The van der Waals surface area contributed by atoms with Crippen LogP contribution in [-0.4, -0.2) is 68.4 Å². The molecule has 0 aliphatic carbocycles. The van der Waals surface area contributed by atoms with E-state index in [0.717, 1.165) is 58.0 Å². The average molecular weight is 381 g/mol. The van der Waals surface area contributed by atoms with Gasteiger partial charge in [-0.25, -0.2) is 4.39 Å². The molecule has 1 atom stereocenters. The molecule has 1 saturated heterocycles. The fourth-order valence-corrected chi connectivity index (χ4v) is 3.21. The zero-order valence-electron chi connectivity index (χ0n) is 16.5. The number of hydrogen-bond donors (Lipinski definition) is 3. The average Bonchev–Trinajstić information content (AvgIpc) is 2.68. The highest BCUT2D eigenvalue weighted by Crippen LogP contribution is 2.14. The number of guanidine groups is 1. The van der Waals surface area contributed by atoms with Crippen LogP contribution in [0.3, 0.4) is 0 Å². The van der Waals surface area contributed by atoms with Gasteiger partial charge in [0.15, 0.2) is 5.96 Å². The van der Waals surface area contributed by atoms with Crippen molar-refractivity contribution < 1.29 is 14.2 Å². The molecule has 0 aromatic heterocycles. The highest BCUT2D eigenvalue weighted by molar-refractivity contribution is 5.80. The maximum atomic E-state index is 13.0. The van der Waals surface area contributed by atoms with E-state index in [1.54, 1.807) is 19.2 Å². The molecule has 152 valence electrons. The second-order valence-electron chi connectivity index (χ2n) is 6.89. The quantitative estimate of drug-likeness (QED) is 0.347. The molecule has 1 aliphatic heterocycles. The van der Waals surface area contributed by atoms with Gasteiger partial charge in [0.1, 0.15) is 5.82 Å². The Morgan fingerprint density at radius 1 is 1.33 bits per heavy atom. The Balaban J connectivity index is 1.80. The molecule has 27 heavy (non-hydrogen) atoms. The van der Waals surface area contributed by atoms with Gasteiger partial charge in [0.2, 0.25) is 0 Å². The standard InChI is InChI=1S/C20H33FN4O2/c1-3-22-20(23-15-19(26)16-5-7-17(21)8-6-16)24-18-9-12-25(13-10-18)11-4-14-27-2/h5-8,18-19,26H,3-4,9-15H2,1-2H3,(H2,22,23,24). The van der Waals surface area contributed by atoms with Crippen LogP contribution in [0, 0.1) is 5.82 Å². The van der Waals surface area contributed by atoms with Gasteiger partial charge in [-0.3, -0.25) is 4.99 Å². The molecule has 3 N–H and O–H groups in total. The Kier molecular flexibility index (Phi) is 9.52. The van der Waals surface area contributed by atoms with Crippen LogP contribution < -0.4 is 10.6 Å². The molecule has 0 spiro atoms. The molecule has 1 heterocycles. The van der Waals surface area contributed by atoms with Crippen molar-refractivity contribution in [3.05, 3.63) is 35.6 Å². The van der Waals surface area contributed by atoms with Crippen molar-refractivity contribution in [1.29, 1.82) is 0 Å². The minimum Gasteiger partial charge on any atom is -0.386 e. The SMILES string of the molecule is CCNC(=NCC(O)c1ccc(F)cc1)NC1CCN(CCCOC)CC1. The van der Waals surface area contributed by atoms with Gasteiger partial charge < -0.3 is 25.4 Å². The van der Waals surface area contributed by atoms with Crippen LogP contribution in [-0.2, 0) is 4.74 Å². The molecule has 1 unspecified atom stereocenters. The van der Waals surface area contributed by atoms with Crippen molar-refractivity contribution in [2.45, 2.75) is 38.3 Å². The number of benzene rings is 1. The lowest BCUT2D eigenvalue weighted by atomic mass is 10.1. The molecule has 1 aromatic carbocycles. The summed E-state index contributed by atoms with van der Waals surface area (Å²) in [4.78, 5) is 6.98. The fourth-order valence-electron chi connectivity index (χ4n) is 3.21. The third kappa shape index (κ3) is 7.82. The predicted molar refractivity (Wildman–Crippen MR) is 106 cm³/mol. The summed E-state index contributed by atoms with van der Waals surface area (Å²) >= 11 is 0. The molecule has 1 aliphatic rings. The summed E-state index contributed by atoms with van der Waals surface area (Å²) in [5, 5.41) is 17.0. The van der Waals surface area contributed by atoms with Crippen LogP contribution in [0.1, 0.15) is 37.9 Å². The maximum absolute atomic E-state index is 13.0. The van der Waals surface area contributed by atoms with Crippen molar-refractivity contribution in [2.75, 3.05) is 46.4 Å². The van der Waals surface area contributed by atoms with Crippen LogP contribution in [0.25, 0.3) is 0 Å². The van der Waals surface area contributed by atoms with Crippen LogP contribution in [0.15, 0.2) is 29.3 Å². The van der Waals surface area contributed by atoms with E-state index in [-0.39, 0.29) is 12.4 Å². The molecule has 0 radical (unpaired) electrons. The Hall–Kier alpha value is -1.70. The van der Waals surface area contributed by atoms with E-state index in [2.05, 4.69) is 20.5 Å². The van der Waals surface area contributed by atoms with Gasteiger partial charge in [-0.2, -0.15) is 0 Å². The highest BCUT2D eigenvalue weighted by atomic mass is 19.1. The second kappa shape index (κ2) is 11.9. The van der Waals surface area contributed by atoms with Gasteiger partial charge in [0, 0.05) is 45.9 Å². The molecule has 7 heteroatoms. The lowest BCUT2D eigenvalue weighted by Crippen LogP contribution is -2.49. The van der Waals surface area contributed by atoms with Gasteiger partial charge in [-0.1, -0.05) is 12.1 Å². The first-order valence-corrected chi connectivity index (χ1v) is 9.82. The summed E-state index contributed by atoms with van der Waals surface area (Å²) in [6.07, 6.45) is 2.46. The lowest BCUT2D eigenvalue weighted by molar-refractivity contribution is 0.155. The second-order valence-corrected chi connectivity index (χ2v) is 6.89. The number of halogens is 1. The smallest absolute Gasteiger partial charge is 0.191 e. The molecule has 1 aromatic rings. The number of likely N-dealkylation sites (tertiary alicyclic amines) is 1. The third-order valence-corrected chi connectivity index (χ3v) is 4.77. The summed E-state index contributed by atoms with van der Waals surface area (Å²) in [6, 6.07) is 6.27. The number of aliphatic hydroxyl groups is 1. The minimum atomic E-state index is -0.747. The normalized spacial score (nSPS) is 17.7. The van der Waals surface area contributed by atoms with Gasteiger partial charge in [0.05, 0.1) is 12.6 Å². The monoisotopic (exact) mass is 380 g/mol. The Labute approximate surface area is 161 Å². The van der Waals surface area contributed by atoms with Crippen molar-refractivity contribution in [2.24, 2.45) is 4.99 Å². The predicted octanol–water partition coefficient (Wildman–Crippen LogP) is 1.92. The van der Waals surface area contributed by atoms with Crippen molar-refractivity contribution >= 4 is 5.96 Å². The minimum absolute atomic E-state index is 0.233. The van der Waals surface area contributed by atoms with Crippen molar-refractivity contribution in [1.82, 2.24) is 15.5 Å². The first kappa shape index (κ1) is 21.6. The van der Waals surface area contributed by atoms with Crippen molar-refractivity contribution in [3.8, 4) is 0 Å². The van der Waals surface area contributed by atoms with Gasteiger partial charge in [-0.05, 0) is 43.9 Å². The molecular weight excluding hydrogens is 347 g/mol. The summed E-state index contributed by atoms with van der Waals surface area (Å²) in [6.45, 7) is 7.04. The Bertz CT molecular complexity index is 560. The van der Waals surface area contributed by atoms with Gasteiger partial charge in [-0.15, -0.1) is 0 Å². The Morgan fingerprint density at radius 3 is 2.67 bits per heavy atom. The Morgan fingerprint density at radius 2 is 2.04 bits per heavy atom. The number of hydrogen-bond acceptors (Lipinski definition) is 4. The third-order valence-electron chi connectivity index (χ3n) is 4.77. The number of nitrogens with one attached hydrogen (secondary N) is 2. The van der Waals surface area contributed by atoms with E-state index in [1.165, 1.54) is 12.1 Å². The number of piperidine rings is 1. The van der Waals surface area contributed by atoms with Crippen LogP contribution >= 0.6 is 0 Å². The maximum Gasteiger partial charge on any atom is 0.191 e. The van der Waals surface area contributed by atoms with E-state index >= 15 is 0 Å². The number of rotatable bonds is 9. The summed E-state index contributed by atoms with van der Waals surface area (Å²) in [5.41, 5.74) is 0.667. The van der Waals surface area contributed by atoms with E-state index in [4.69, 9.17) is 4.74 Å². The molecular formula is C20H33FN4O2. The molecule has 6 nitrogen and oxygen atoms in total. The van der Waals surface area contributed by atoms with E-state index in [9.17, 15) is 9.50 Å². The van der Waals surface area contributed by atoms with E-state index < -0.39 is 6.10 Å². The molecule has 0 amide bonds. The lowest BCUT2D eigenvalue weighted by Gasteiger charge is -2.33. The molecule has 0 saturated carbocycles. The zero-order valence-corrected chi connectivity index (χ0v) is 16.5. The molecule has 2 rings (SSSR count). The molecule has 0 bridgehead atoms. The number of ether oxygens (including phenoxy) is 1. The summed E-state index contributed by atoms with van der Waals surface area (Å²) < 4.78 is 18.1. The van der Waals surface area contributed by atoms with Crippen LogP contribution in [0.2, 0.25) is 0 Å². The van der Waals surface area contributed by atoms with Crippen molar-refractivity contribution in [3.63, 3.8) is 0 Å².